The smallest absolute Gasteiger partial charge is 0.308 e. The van der Waals surface area contributed by atoms with E-state index in [-0.39, 0.29) is 11.2 Å². The molecule has 11 heteroatoms. The van der Waals surface area contributed by atoms with Crippen LogP contribution in [-0.2, 0) is 19.0 Å². The molecule has 2 heterocycles. The summed E-state index contributed by atoms with van der Waals surface area (Å²) in [5.74, 6) is -0.640. The number of nitrogens with zero attached hydrogens (tertiary/aromatic N) is 1. The third-order valence-corrected chi connectivity index (χ3v) is 8.48. The van der Waals surface area contributed by atoms with Gasteiger partial charge >= 0.3 is 5.97 Å². The maximum absolute atomic E-state index is 12.3. The van der Waals surface area contributed by atoms with E-state index in [0.717, 1.165) is 11.4 Å². The standard InChI is InChI=1S/C22H35NO8S2/c1-21(2,29-12-10-22(3,4)33-32-15-7-5-6-11-23-15)9-8-16(25)31-20-19(28)18(27)17(26)14(13-24)30-20/h5-7,11,14,17-20,24,26-28H,8-10,12-13H2,1-4H3. The molecule has 4 N–H and O–H groups in total. The predicted octanol–water partition coefficient (Wildman–Crippen LogP) is 1.91. The second kappa shape index (κ2) is 12.7. The maximum atomic E-state index is 12.3. The number of hydrogen-bond donors (Lipinski definition) is 4. The van der Waals surface area contributed by atoms with Crippen LogP contribution in [0.5, 0.6) is 0 Å². The zero-order valence-corrected chi connectivity index (χ0v) is 21.1. The van der Waals surface area contributed by atoms with E-state index in [1.807, 2.05) is 32.0 Å². The molecule has 0 aliphatic carbocycles. The van der Waals surface area contributed by atoms with Crippen molar-refractivity contribution in [3.05, 3.63) is 24.4 Å². The fourth-order valence-corrected chi connectivity index (χ4v) is 5.19. The number of ether oxygens (including phenoxy) is 3. The molecule has 188 valence electrons. The summed E-state index contributed by atoms with van der Waals surface area (Å²) < 4.78 is 16.3. The Morgan fingerprint density at radius 1 is 1.12 bits per heavy atom. The van der Waals surface area contributed by atoms with Gasteiger partial charge in [0.25, 0.3) is 0 Å². The van der Waals surface area contributed by atoms with Crippen LogP contribution in [0.15, 0.2) is 29.4 Å². The lowest BCUT2D eigenvalue weighted by Crippen LogP contribution is -2.59. The number of esters is 1. The minimum absolute atomic E-state index is 0.00961. The fourth-order valence-electron chi connectivity index (χ4n) is 3.00. The van der Waals surface area contributed by atoms with Gasteiger partial charge < -0.3 is 34.6 Å². The summed E-state index contributed by atoms with van der Waals surface area (Å²) in [6.07, 6.45) is -4.35. The highest BCUT2D eigenvalue weighted by molar-refractivity contribution is 8.77. The van der Waals surface area contributed by atoms with Crippen LogP contribution in [0, 0.1) is 0 Å². The van der Waals surface area contributed by atoms with Crippen molar-refractivity contribution in [1.29, 1.82) is 0 Å². The van der Waals surface area contributed by atoms with Gasteiger partial charge in [-0.3, -0.25) is 4.79 Å². The molecular formula is C22H35NO8S2. The van der Waals surface area contributed by atoms with Crippen molar-refractivity contribution in [2.75, 3.05) is 13.2 Å². The van der Waals surface area contributed by atoms with E-state index in [1.54, 1.807) is 27.8 Å². The lowest BCUT2D eigenvalue weighted by atomic mass is 9.99. The average Bonchev–Trinajstić information content (AvgIpc) is 2.77. The molecule has 1 aliphatic heterocycles. The van der Waals surface area contributed by atoms with Crippen LogP contribution in [0.2, 0.25) is 0 Å². The summed E-state index contributed by atoms with van der Waals surface area (Å²) in [4.78, 5) is 16.6. The average molecular weight is 506 g/mol. The maximum Gasteiger partial charge on any atom is 0.308 e. The highest BCUT2D eigenvalue weighted by Crippen LogP contribution is 2.41. The van der Waals surface area contributed by atoms with E-state index in [1.165, 1.54) is 0 Å². The molecule has 1 aliphatic rings. The Labute approximate surface area is 202 Å². The largest absolute Gasteiger partial charge is 0.433 e. The Balaban J connectivity index is 1.72. The molecule has 0 bridgehead atoms. The first-order valence-electron chi connectivity index (χ1n) is 10.8. The molecular weight excluding hydrogens is 470 g/mol. The van der Waals surface area contributed by atoms with Gasteiger partial charge in [0.05, 0.1) is 12.2 Å². The highest BCUT2D eigenvalue weighted by Gasteiger charge is 2.45. The monoisotopic (exact) mass is 505 g/mol. The van der Waals surface area contributed by atoms with Crippen LogP contribution >= 0.6 is 21.6 Å². The Hall–Kier alpha value is -0.920. The molecule has 1 aromatic heterocycles. The summed E-state index contributed by atoms with van der Waals surface area (Å²) in [5, 5.41) is 39.7. The van der Waals surface area contributed by atoms with Crippen LogP contribution < -0.4 is 0 Å². The van der Waals surface area contributed by atoms with Crippen molar-refractivity contribution in [1.82, 2.24) is 4.98 Å². The zero-order chi connectivity index (χ0) is 24.6. The molecule has 5 atom stereocenters. The normalized spacial score (nSPS) is 26.2. The molecule has 1 aromatic rings. The highest BCUT2D eigenvalue weighted by atomic mass is 33.1. The third kappa shape index (κ3) is 9.33. The van der Waals surface area contributed by atoms with Crippen LogP contribution in [0.25, 0.3) is 0 Å². The van der Waals surface area contributed by atoms with Gasteiger partial charge in [-0.1, -0.05) is 16.9 Å². The second-order valence-electron chi connectivity index (χ2n) is 9.14. The second-order valence-corrected chi connectivity index (χ2v) is 12.0. The minimum atomic E-state index is -1.61. The molecule has 33 heavy (non-hydrogen) atoms. The van der Waals surface area contributed by atoms with Gasteiger partial charge in [0.15, 0.2) is 0 Å². The van der Waals surface area contributed by atoms with Crippen LogP contribution in [0.4, 0.5) is 0 Å². The van der Waals surface area contributed by atoms with E-state index in [2.05, 4.69) is 18.8 Å². The van der Waals surface area contributed by atoms with E-state index in [0.29, 0.717) is 13.0 Å². The van der Waals surface area contributed by atoms with E-state index in [4.69, 9.17) is 14.2 Å². The molecule has 0 amide bonds. The molecule has 9 nitrogen and oxygen atoms in total. The molecule has 0 radical (unpaired) electrons. The number of hydrogen-bond acceptors (Lipinski definition) is 11. The van der Waals surface area contributed by atoms with Gasteiger partial charge in [-0.25, -0.2) is 4.98 Å². The SMILES string of the molecule is CC(C)(CCC(=O)OC1OC(CO)C(O)C(O)C1O)OCCC(C)(C)SSc1ccccn1. The first-order chi connectivity index (χ1) is 15.4. The van der Waals surface area contributed by atoms with Gasteiger partial charge in [0, 0.05) is 24.0 Å². The predicted molar refractivity (Wildman–Crippen MR) is 126 cm³/mol. The number of rotatable bonds is 12. The number of carbonyl (C=O) groups excluding carboxylic acids is 1. The zero-order valence-electron chi connectivity index (χ0n) is 19.4. The molecule has 1 fully saturated rings. The number of pyridine rings is 1. The topological polar surface area (TPSA) is 139 Å². The Morgan fingerprint density at radius 2 is 1.85 bits per heavy atom. The van der Waals surface area contributed by atoms with Crippen molar-refractivity contribution in [3.8, 4) is 0 Å². The van der Waals surface area contributed by atoms with Crippen molar-refractivity contribution in [3.63, 3.8) is 0 Å². The van der Waals surface area contributed by atoms with Crippen molar-refractivity contribution in [2.45, 2.75) is 93.0 Å². The lowest BCUT2D eigenvalue weighted by molar-refractivity contribution is -0.292. The molecule has 2 rings (SSSR count). The number of aliphatic hydroxyl groups is 4. The third-order valence-electron chi connectivity index (χ3n) is 5.21. The summed E-state index contributed by atoms with van der Waals surface area (Å²) in [7, 11) is 3.35. The summed E-state index contributed by atoms with van der Waals surface area (Å²) in [6, 6.07) is 5.81. The van der Waals surface area contributed by atoms with Gasteiger partial charge in [0.1, 0.15) is 29.4 Å². The van der Waals surface area contributed by atoms with Gasteiger partial charge in [-0.05, 0) is 63.5 Å². The van der Waals surface area contributed by atoms with Crippen molar-refractivity contribution >= 4 is 27.6 Å². The Kier molecular flexibility index (Phi) is 10.9. The van der Waals surface area contributed by atoms with E-state index in [9.17, 15) is 25.2 Å². The van der Waals surface area contributed by atoms with Gasteiger partial charge in [0.2, 0.25) is 6.29 Å². The molecule has 0 saturated carbocycles. The quantitative estimate of drug-likeness (QED) is 0.245. The van der Waals surface area contributed by atoms with Crippen molar-refractivity contribution in [2.24, 2.45) is 0 Å². The number of aromatic nitrogens is 1. The Bertz CT molecular complexity index is 734. The van der Waals surface area contributed by atoms with Crippen LogP contribution in [0.3, 0.4) is 0 Å². The van der Waals surface area contributed by atoms with E-state index < -0.39 is 48.9 Å². The Morgan fingerprint density at radius 3 is 2.48 bits per heavy atom. The summed E-state index contributed by atoms with van der Waals surface area (Å²) in [6.45, 7) is 7.98. The fraction of sp³-hybridized carbons (Fsp3) is 0.727. The molecule has 0 spiro atoms. The van der Waals surface area contributed by atoms with Crippen LogP contribution in [0.1, 0.15) is 47.0 Å². The molecule has 0 aromatic carbocycles. The molecule has 1 saturated heterocycles. The number of aliphatic hydroxyl groups excluding tert-OH is 4. The summed E-state index contributed by atoms with van der Waals surface area (Å²) in [5.41, 5.74) is -0.580. The van der Waals surface area contributed by atoms with Gasteiger partial charge in [-0.2, -0.15) is 0 Å². The molecule has 5 unspecified atom stereocenters. The minimum Gasteiger partial charge on any atom is -0.433 e. The summed E-state index contributed by atoms with van der Waals surface area (Å²) >= 11 is 0. The first-order valence-corrected chi connectivity index (χ1v) is 13.0. The first kappa shape index (κ1) is 28.3. The van der Waals surface area contributed by atoms with E-state index >= 15 is 0 Å². The lowest BCUT2D eigenvalue weighted by Gasteiger charge is -2.39. The van der Waals surface area contributed by atoms with Crippen LogP contribution in [-0.4, -0.2) is 85.6 Å². The number of carbonyl (C=O) groups is 1. The van der Waals surface area contributed by atoms with Crippen molar-refractivity contribution < 1.29 is 39.4 Å². The van der Waals surface area contributed by atoms with Gasteiger partial charge in [-0.15, -0.1) is 0 Å².